The maximum atomic E-state index is 12.9. The van der Waals surface area contributed by atoms with E-state index in [2.05, 4.69) is 70.6 Å². The van der Waals surface area contributed by atoms with Gasteiger partial charge in [0.2, 0.25) is 7.85 Å². The maximum Gasteiger partial charge on any atom is 0.410 e. The van der Waals surface area contributed by atoms with Crippen molar-refractivity contribution in [3.63, 3.8) is 0 Å². The lowest BCUT2D eigenvalue weighted by molar-refractivity contribution is 0.0219. The molecule has 0 bridgehead atoms. The summed E-state index contributed by atoms with van der Waals surface area (Å²) in [6.07, 6.45) is 3.21. The van der Waals surface area contributed by atoms with Gasteiger partial charge in [-0.2, -0.15) is 0 Å². The number of imidazole rings is 2. The molecule has 10 heteroatoms. The van der Waals surface area contributed by atoms with E-state index in [-0.39, 0.29) is 18.2 Å². The summed E-state index contributed by atoms with van der Waals surface area (Å²) in [5.41, 5.74) is 7.47. The molecule has 2 saturated heterocycles. The zero-order valence-electron chi connectivity index (χ0n) is 27.4. The standard InChI is InChI=1S/C38H37BN6O3/c1-38(2,3)48-37(47)45-19-7-13-33(45)35-41-29-17-15-23(21-31(29)43-35)25-9-5-10-26-24(8-4-11-27(25)26)22-14-16-28-30(20-22)42-34(40-28)32-12-6-18-44(32)36(39)46/h4-5,8-11,14-17,20-21,32-33H,6-7,12-13,18-19H2,1-3H3,(H,40,42)(H,41,43)/t32?,33-/m0/s1. The molecule has 0 saturated carbocycles. The molecule has 1 unspecified atom stereocenters. The van der Waals surface area contributed by atoms with Gasteiger partial charge in [0.05, 0.1) is 34.2 Å². The summed E-state index contributed by atoms with van der Waals surface area (Å²) in [7, 11) is 5.64. The van der Waals surface area contributed by atoms with Crippen LogP contribution in [-0.2, 0) is 4.74 Å². The topological polar surface area (TPSA) is 107 Å². The summed E-state index contributed by atoms with van der Waals surface area (Å²) in [6.45, 7) is 6.98. The number of nitrogens with one attached hydrogen (secondary N) is 2. The van der Waals surface area contributed by atoms with Crippen molar-refractivity contribution in [1.82, 2.24) is 29.7 Å². The Balaban J connectivity index is 1.12. The molecule has 0 aliphatic carbocycles. The molecule has 2 N–H and O–H groups in total. The summed E-state index contributed by atoms with van der Waals surface area (Å²) < 4.78 is 5.69. The van der Waals surface area contributed by atoms with Gasteiger partial charge in [0.15, 0.2) is 5.81 Å². The number of amides is 2. The highest BCUT2D eigenvalue weighted by Gasteiger charge is 2.35. The predicted molar refractivity (Wildman–Crippen MR) is 189 cm³/mol. The van der Waals surface area contributed by atoms with Crippen molar-refractivity contribution in [2.45, 2.75) is 64.1 Å². The summed E-state index contributed by atoms with van der Waals surface area (Å²) in [6, 6.07) is 25.2. The lowest BCUT2D eigenvalue weighted by Gasteiger charge is -2.27. The van der Waals surface area contributed by atoms with Crippen molar-refractivity contribution in [1.29, 1.82) is 0 Å². The molecule has 4 aromatic carbocycles. The van der Waals surface area contributed by atoms with Gasteiger partial charge < -0.3 is 19.6 Å². The largest absolute Gasteiger partial charge is 0.444 e. The average molecular weight is 637 g/mol. The fourth-order valence-corrected chi connectivity index (χ4v) is 7.43. The smallest absolute Gasteiger partial charge is 0.410 e. The van der Waals surface area contributed by atoms with Crippen LogP contribution in [-0.4, -0.2) is 68.2 Å². The van der Waals surface area contributed by atoms with Crippen molar-refractivity contribution in [2.24, 2.45) is 0 Å². The van der Waals surface area contributed by atoms with E-state index in [1.807, 2.05) is 32.9 Å². The Bertz CT molecular complexity index is 2220. The van der Waals surface area contributed by atoms with Crippen LogP contribution in [0.5, 0.6) is 0 Å². The molecular formula is C38H37BN6O3. The molecule has 2 aromatic heterocycles. The van der Waals surface area contributed by atoms with E-state index >= 15 is 0 Å². The highest BCUT2D eigenvalue weighted by molar-refractivity contribution is 6.57. The molecule has 6 aromatic rings. The number of H-pyrrole nitrogens is 2. The Labute approximate surface area is 280 Å². The SMILES string of the molecule is [B]C(=O)N1CCCC1c1nc2ccc(-c3cccc4c(-c5ccc6nc([C@@H]7CCCN7C(=O)OC(C)(C)C)[nH]c6c5)cccc34)cc2[nH]1. The van der Waals surface area contributed by atoms with Crippen molar-refractivity contribution >= 4 is 52.6 Å². The molecule has 0 spiro atoms. The fourth-order valence-electron chi connectivity index (χ4n) is 7.43. The molecule has 9 nitrogen and oxygen atoms in total. The van der Waals surface area contributed by atoms with Gasteiger partial charge in [0, 0.05) is 13.1 Å². The van der Waals surface area contributed by atoms with Gasteiger partial charge in [0.25, 0.3) is 0 Å². The summed E-state index contributed by atoms with van der Waals surface area (Å²) >= 11 is 0. The lowest BCUT2D eigenvalue weighted by Crippen LogP contribution is -2.36. The first-order valence-electron chi connectivity index (χ1n) is 16.7. The van der Waals surface area contributed by atoms with Crippen LogP contribution in [0.3, 0.4) is 0 Å². The molecule has 2 amide bonds. The molecule has 8 rings (SSSR count). The van der Waals surface area contributed by atoms with Crippen molar-refractivity contribution in [3.8, 4) is 22.3 Å². The van der Waals surface area contributed by atoms with Crippen molar-refractivity contribution in [3.05, 3.63) is 84.4 Å². The number of aromatic nitrogens is 4. The van der Waals surface area contributed by atoms with Gasteiger partial charge in [-0.1, -0.05) is 48.5 Å². The Morgan fingerprint density at radius 3 is 1.75 bits per heavy atom. The molecule has 2 atom stereocenters. The van der Waals surface area contributed by atoms with E-state index in [1.165, 1.54) is 0 Å². The molecule has 48 heavy (non-hydrogen) atoms. The van der Waals surface area contributed by atoms with Crippen LogP contribution in [0.2, 0.25) is 0 Å². The Kier molecular flexibility index (Phi) is 7.27. The van der Waals surface area contributed by atoms with Gasteiger partial charge >= 0.3 is 6.09 Å². The first-order valence-corrected chi connectivity index (χ1v) is 16.7. The number of carbonyl (C=O) groups excluding carboxylic acids is 2. The van der Waals surface area contributed by atoms with E-state index in [4.69, 9.17) is 22.6 Å². The normalized spacial score (nSPS) is 18.4. The minimum absolute atomic E-state index is 0.121. The second-order valence-electron chi connectivity index (χ2n) is 13.9. The van der Waals surface area contributed by atoms with Gasteiger partial charge in [0.1, 0.15) is 17.2 Å². The van der Waals surface area contributed by atoms with Crippen LogP contribution in [0.1, 0.15) is 70.2 Å². The number of fused-ring (bicyclic) bond motifs is 3. The average Bonchev–Trinajstić information content (AvgIpc) is 3.87. The number of hydrogen-bond donors (Lipinski definition) is 2. The van der Waals surface area contributed by atoms with Crippen LogP contribution >= 0.6 is 0 Å². The number of likely N-dealkylation sites (tertiary alicyclic amines) is 2. The van der Waals surface area contributed by atoms with Crippen LogP contribution in [0.4, 0.5) is 9.59 Å². The highest BCUT2D eigenvalue weighted by atomic mass is 16.6. The first kappa shape index (κ1) is 30.2. The van der Waals surface area contributed by atoms with Gasteiger partial charge in [-0.25, -0.2) is 14.8 Å². The number of benzene rings is 4. The third-order valence-electron chi connectivity index (χ3n) is 9.59. The summed E-state index contributed by atoms with van der Waals surface area (Å²) in [4.78, 5) is 45.1. The van der Waals surface area contributed by atoms with Crippen LogP contribution < -0.4 is 0 Å². The first-order chi connectivity index (χ1) is 23.1. The van der Waals surface area contributed by atoms with E-state index in [9.17, 15) is 9.59 Å². The van der Waals surface area contributed by atoms with Crippen molar-refractivity contribution in [2.75, 3.05) is 13.1 Å². The van der Waals surface area contributed by atoms with Gasteiger partial charge in [-0.15, -0.1) is 0 Å². The number of aromatic amines is 2. The maximum absolute atomic E-state index is 12.9. The second-order valence-corrected chi connectivity index (χ2v) is 13.9. The second kappa shape index (κ2) is 11.5. The van der Waals surface area contributed by atoms with E-state index in [0.29, 0.717) is 13.1 Å². The van der Waals surface area contributed by atoms with Gasteiger partial charge in [-0.3, -0.25) is 9.69 Å². The third-order valence-corrected chi connectivity index (χ3v) is 9.59. The molecule has 2 fully saturated rings. The quantitative estimate of drug-likeness (QED) is 0.189. The molecule has 2 radical (unpaired) electrons. The zero-order chi connectivity index (χ0) is 33.2. The number of hydrogen-bond acceptors (Lipinski definition) is 5. The number of rotatable bonds is 4. The Hall–Kier alpha value is -5.12. The number of carbonyl (C=O) groups is 2. The molecule has 2 aliphatic rings. The van der Waals surface area contributed by atoms with E-state index < -0.39 is 11.4 Å². The lowest BCUT2D eigenvalue weighted by atomic mass is 9.93. The summed E-state index contributed by atoms with van der Waals surface area (Å²) in [5.74, 6) is 1.16. The van der Waals surface area contributed by atoms with Crippen LogP contribution in [0.25, 0.3) is 55.1 Å². The molecular weight excluding hydrogens is 599 g/mol. The van der Waals surface area contributed by atoms with Crippen LogP contribution in [0, 0.1) is 0 Å². The monoisotopic (exact) mass is 636 g/mol. The minimum Gasteiger partial charge on any atom is -0.444 e. The highest BCUT2D eigenvalue weighted by Crippen LogP contribution is 2.38. The number of ether oxygens (including phenoxy) is 1. The molecule has 240 valence electrons. The van der Waals surface area contributed by atoms with Crippen LogP contribution in [0.15, 0.2) is 72.8 Å². The molecule has 2 aliphatic heterocycles. The zero-order valence-corrected chi connectivity index (χ0v) is 27.4. The third kappa shape index (κ3) is 5.39. The number of nitrogens with zero attached hydrogens (tertiary/aromatic N) is 4. The fraction of sp³-hybridized carbons (Fsp3) is 0.316. The van der Waals surface area contributed by atoms with Gasteiger partial charge in [-0.05, 0) is 104 Å². The van der Waals surface area contributed by atoms with E-state index in [0.717, 1.165) is 92.4 Å². The van der Waals surface area contributed by atoms with Crippen molar-refractivity contribution < 1.29 is 14.3 Å². The Morgan fingerprint density at radius 2 is 1.25 bits per heavy atom. The van der Waals surface area contributed by atoms with E-state index in [1.54, 1.807) is 9.80 Å². The minimum atomic E-state index is -0.550. The predicted octanol–water partition coefficient (Wildman–Crippen LogP) is 8.42. The summed E-state index contributed by atoms with van der Waals surface area (Å²) in [5, 5.41) is 2.29. The molecule has 4 heterocycles. The Morgan fingerprint density at radius 1 is 0.750 bits per heavy atom.